The third-order valence-electron chi connectivity index (χ3n) is 10.3. The van der Waals surface area contributed by atoms with Crippen LogP contribution in [-0.2, 0) is 46.4 Å². The summed E-state index contributed by atoms with van der Waals surface area (Å²) in [6.45, 7) is 1.27. The number of fused-ring (bicyclic) bond motifs is 1. The second-order valence-electron chi connectivity index (χ2n) is 15.5. The normalized spacial score (nSPS) is 14.1. The number of carboxylic acid groups (broad SMARTS) is 3. The lowest BCUT2D eigenvalue weighted by atomic mass is 10.1. The molecule has 19 nitrogen and oxygen atoms in total. The first kappa shape index (κ1) is 49.2. The van der Waals surface area contributed by atoms with Crippen LogP contribution in [0.1, 0.15) is 73.5 Å². The molecule has 4 aromatic rings. The Hall–Kier alpha value is -7.77. The number of halogens is 1. The topological polar surface area (TPSA) is 283 Å². The summed E-state index contributed by atoms with van der Waals surface area (Å²) in [5, 5.41) is 39.8. The van der Waals surface area contributed by atoms with Crippen LogP contribution in [0.2, 0.25) is 0 Å². The molecule has 1 aromatic heterocycles. The van der Waals surface area contributed by atoms with Crippen LogP contribution in [0.15, 0.2) is 85.1 Å². The molecule has 2 heterocycles. The third kappa shape index (κ3) is 14.6. The zero-order chi connectivity index (χ0) is 47.8. The number of carbonyl (C=O) groups excluding carboxylic acids is 5. The number of amides is 4. The first-order valence-electron chi connectivity index (χ1n) is 21.2. The number of nitrogens with zero attached hydrogens (tertiary/aromatic N) is 2. The molecular weight excluding hydrogens is 862 g/mol. The molecule has 4 unspecified atom stereocenters. The van der Waals surface area contributed by atoms with Gasteiger partial charge in [-0.2, -0.15) is 4.57 Å². The number of aliphatic carboxylic acids is 3. The van der Waals surface area contributed by atoms with Crippen molar-refractivity contribution in [1.82, 2.24) is 26.3 Å². The van der Waals surface area contributed by atoms with Crippen LogP contribution in [0.5, 0.6) is 5.75 Å². The summed E-state index contributed by atoms with van der Waals surface area (Å²) >= 11 is 0. The maximum atomic E-state index is 15.2. The minimum Gasteiger partial charge on any atom is -0.491 e. The highest BCUT2D eigenvalue weighted by molar-refractivity contribution is 5.97. The monoisotopic (exact) mass is 912 g/mol. The molecule has 5 rings (SSSR count). The molecule has 0 saturated carbocycles. The van der Waals surface area contributed by atoms with Gasteiger partial charge >= 0.3 is 29.6 Å². The summed E-state index contributed by atoms with van der Waals surface area (Å²) < 4.78 is 22.5. The van der Waals surface area contributed by atoms with Crippen LogP contribution in [0.4, 0.5) is 10.2 Å². The van der Waals surface area contributed by atoms with Crippen molar-refractivity contribution < 1.29 is 67.4 Å². The molecule has 1 aliphatic rings. The summed E-state index contributed by atoms with van der Waals surface area (Å²) in [5.74, 6) is -8.73. The van der Waals surface area contributed by atoms with Gasteiger partial charge in [0.15, 0.2) is 17.6 Å². The van der Waals surface area contributed by atoms with Crippen molar-refractivity contribution >= 4 is 53.3 Å². The molecular formula is C46H51FN7O12+. The number of aromatic nitrogens is 2. The lowest BCUT2D eigenvalue weighted by Gasteiger charge is -2.23. The molecule has 20 heteroatoms. The van der Waals surface area contributed by atoms with Gasteiger partial charge in [-0.15, -0.1) is 0 Å². The van der Waals surface area contributed by atoms with Gasteiger partial charge in [0.2, 0.25) is 23.6 Å². The van der Waals surface area contributed by atoms with Crippen LogP contribution in [-0.4, -0.2) is 105 Å². The number of carbonyl (C=O) groups is 8. The lowest BCUT2D eigenvalue weighted by molar-refractivity contribution is -0.552. The molecule has 0 bridgehead atoms. The van der Waals surface area contributed by atoms with Crippen molar-refractivity contribution in [2.75, 3.05) is 18.5 Å². The fraction of sp³-hybridized carbons (Fsp3) is 0.348. The number of nitrogens with one attached hydrogen (secondary N) is 5. The quantitative estimate of drug-likeness (QED) is 0.0350. The Labute approximate surface area is 378 Å². The second-order valence-corrected chi connectivity index (χ2v) is 15.5. The number of benzene rings is 3. The highest BCUT2D eigenvalue weighted by Gasteiger charge is 2.41. The van der Waals surface area contributed by atoms with Gasteiger partial charge in [-0.3, -0.25) is 38.9 Å². The van der Waals surface area contributed by atoms with Gasteiger partial charge in [-0.25, -0.2) is 14.2 Å². The minimum absolute atomic E-state index is 0.0423. The number of rotatable bonds is 25. The van der Waals surface area contributed by atoms with E-state index in [1.807, 2.05) is 66.0 Å². The van der Waals surface area contributed by atoms with Crippen LogP contribution < -0.4 is 35.9 Å². The van der Waals surface area contributed by atoms with E-state index in [0.717, 1.165) is 18.1 Å². The predicted molar refractivity (Wildman–Crippen MR) is 232 cm³/mol. The Kier molecular flexibility index (Phi) is 17.7. The average Bonchev–Trinajstić information content (AvgIpc) is 3.58. The molecule has 0 radical (unpaired) electrons. The van der Waals surface area contributed by atoms with Gasteiger partial charge in [0, 0.05) is 31.9 Å². The number of unbranched alkanes of at least 4 members (excludes halogenated alkanes) is 3. The average molecular weight is 913 g/mol. The first-order chi connectivity index (χ1) is 31.6. The zero-order valence-electron chi connectivity index (χ0n) is 36.0. The van der Waals surface area contributed by atoms with Crippen LogP contribution in [0.25, 0.3) is 11.3 Å². The van der Waals surface area contributed by atoms with E-state index >= 15 is 4.39 Å². The highest BCUT2D eigenvalue weighted by Crippen LogP contribution is 2.26. The van der Waals surface area contributed by atoms with Gasteiger partial charge in [0.1, 0.15) is 35.7 Å². The maximum absolute atomic E-state index is 15.2. The fourth-order valence-electron chi connectivity index (χ4n) is 7.14. The molecule has 0 aliphatic carbocycles. The fourth-order valence-corrected chi connectivity index (χ4v) is 7.14. The Balaban J connectivity index is 1.07. The molecule has 66 heavy (non-hydrogen) atoms. The van der Waals surface area contributed by atoms with Gasteiger partial charge < -0.3 is 41.3 Å². The summed E-state index contributed by atoms with van der Waals surface area (Å²) in [7, 11) is 0. The summed E-state index contributed by atoms with van der Waals surface area (Å²) in [6, 6.07) is 18.1. The van der Waals surface area contributed by atoms with Crippen molar-refractivity contribution in [3.63, 3.8) is 0 Å². The van der Waals surface area contributed by atoms with Crippen LogP contribution in [0.3, 0.4) is 0 Å². The molecule has 4 atom stereocenters. The SMILES string of the molecule is CC(=O)NC(CC(=O)O)C(=O)NC(CC(=O)O)C(=O)NC(CC(=O)O)C(=O)NCCCCCCOc1ccc(CC2Nc3c(Cc4ccccc4)nc(-c4ccccc4)c[n+]3C2=O)cc1F. The van der Waals surface area contributed by atoms with Crippen molar-refractivity contribution in [2.45, 2.75) is 88.9 Å². The highest BCUT2D eigenvalue weighted by atomic mass is 19.1. The summed E-state index contributed by atoms with van der Waals surface area (Å²) in [5.41, 5.74) is 3.84. The molecule has 1 aliphatic heterocycles. The van der Waals surface area contributed by atoms with Gasteiger partial charge in [0.05, 0.1) is 25.9 Å². The number of ether oxygens (including phenoxy) is 1. The van der Waals surface area contributed by atoms with Crippen molar-refractivity contribution in [3.05, 3.63) is 108 Å². The maximum Gasteiger partial charge on any atom is 0.359 e. The van der Waals surface area contributed by atoms with Crippen molar-refractivity contribution in [1.29, 1.82) is 0 Å². The van der Waals surface area contributed by atoms with Crippen LogP contribution >= 0.6 is 0 Å². The number of hydrogen-bond acceptors (Lipinski definition) is 11. The number of carboxylic acids is 3. The largest absolute Gasteiger partial charge is 0.491 e. The Bertz CT molecular complexity index is 2410. The molecule has 0 saturated heterocycles. The smallest absolute Gasteiger partial charge is 0.359 e. The standard InChI is InChI=1S/C46H50FN7O12/c1-27(55)49-34(24-40(58)59)44(63)53-35(25-41(60)61)45(64)52-33(23-39(56)57)43(62)48-18-10-2-3-11-19-66-38-17-16-29(20-31(38)47)22-36-46(65)54-26-37(30-14-8-5-9-15-30)50-32(42(54)51-36)21-28-12-6-4-7-13-28/h4-9,12-17,20,26,33-36H,2-3,10-11,18-19,21-25H2,1H3,(H7,48,49,52,53,55,56,57,58,59,60,61,62,63,64)/p+1. The van der Waals surface area contributed by atoms with Crippen molar-refractivity contribution in [2.24, 2.45) is 0 Å². The summed E-state index contributed by atoms with van der Waals surface area (Å²) in [4.78, 5) is 103. The second kappa shape index (κ2) is 23.8. The third-order valence-corrected chi connectivity index (χ3v) is 10.3. The lowest BCUT2D eigenvalue weighted by Crippen LogP contribution is -2.57. The van der Waals surface area contributed by atoms with Crippen molar-refractivity contribution in [3.8, 4) is 17.0 Å². The van der Waals surface area contributed by atoms with E-state index in [1.54, 1.807) is 16.8 Å². The van der Waals surface area contributed by atoms with E-state index in [1.165, 1.54) is 12.1 Å². The first-order valence-corrected chi connectivity index (χ1v) is 21.2. The molecule has 3 aromatic carbocycles. The minimum atomic E-state index is -1.86. The molecule has 0 spiro atoms. The van der Waals surface area contributed by atoms with Crippen LogP contribution in [0, 0.1) is 5.82 Å². The van der Waals surface area contributed by atoms with E-state index in [4.69, 9.17) is 14.8 Å². The van der Waals surface area contributed by atoms with Gasteiger partial charge in [-0.1, -0.05) is 79.6 Å². The van der Waals surface area contributed by atoms with E-state index in [-0.39, 0.29) is 31.2 Å². The Morgan fingerprint density at radius 2 is 1.32 bits per heavy atom. The molecule has 0 fully saturated rings. The van der Waals surface area contributed by atoms with E-state index in [2.05, 4.69) is 21.3 Å². The molecule has 8 N–H and O–H groups in total. The van der Waals surface area contributed by atoms with E-state index in [0.29, 0.717) is 54.9 Å². The number of hydrogen-bond donors (Lipinski definition) is 8. The van der Waals surface area contributed by atoms with Gasteiger partial charge in [-0.05, 0) is 36.1 Å². The Morgan fingerprint density at radius 1 is 0.742 bits per heavy atom. The van der Waals surface area contributed by atoms with Gasteiger partial charge in [0.25, 0.3) is 0 Å². The molecule has 348 valence electrons. The van der Waals surface area contributed by atoms with E-state index in [9.17, 15) is 48.6 Å². The predicted octanol–water partition coefficient (Wildman–Crippen LogP) is 2.40. The Morgan fingerprint density at radius 3 is 1.91 bits per heavy atom. The summed E-state index contributed by atoms with van der Waals surface area (Å²) in [6.07, 6.45) is 1.80. The number of anilines is 1. The molecule has 4 amide bonds. The van der Waals surface area contributed by atoms with E-state index < -0.39 is 90.8 Å². The zero-order valence-corrected chi connectivity index (χ0v) is 36.0.